The molecule has 0 N–H and O–H groups in total. The van der Waals surface area contributed by atoms with Gasteiger partial charge in [-0.1, -0.05) is 0 Å². The van der Waals surface area contributed by atoms with Crippen molar-refractivity contribution in [3.05, 3.63) is 29.6 Å². The average molecular weight is 236 g/mol. The van der Waals surface area contributed by atoms with Crippen molar-refractivity contribution in [2.75, 3.05) is 25.1 Å². The molecule has 0 aliphatic rings. The number of likely N-dealkylation sites (N-methyl/N-ethyl adjacent to an activating group) is 1. The highest BCUT2D eigenvalue weighted by Gasteiger charge is 2.05. The zero-order valence-corrected chi connectivity index (χ0v) is 10.4. The maximum absolute atomic E-state index is 13.2. The van der Waals surface area contributed by atoms with Gasteiger partial charge in [-0.3, -0.25) is 0 Å². The first kappa shape index (κ1) is 13.5. The normalized spacial score (nSPS) is 10.4. The summed E-state index contributed by atoms with van der Waals surface area (Å²) in [6.07, 6.45) is 0.186. The molecular formula is C13H17FN2O. The number of hydrogen-bond acceptors (Lipinski definition) is 3. The molecule has 1 rings (SSSR count). The van der Waals surface area contributed by atoms with E-state index in [9.17, 15) is 4.39 Å². The SMILES string of the molecule is CC(C)OCCN(C)c1cc(F)cc(C#N)c1. The van der Waals surface area contributed by atoms with E-state index >= 15 is 0 Å². The van der Waals surface area contributed by atoms with Crippen LogP contribution in [0.3, 0.4) is 0 Å². The predicted molar refractivity (Wildman–Crippen MR) is 65.5 cm³/mol. The molecule has 0 unspecified atom stereocenters. The van der Waals surface area contributed by atoms with Gasteiger partial charge in [0.1, 0.15) is 5.82 Å². The van der Waals surface area contributed by atoms with Gasteiger partial charge in [0.2, 0.25) is 0 Å². The highest BCUT2D eigenvalue weighted by atomic mass is 19.1. The van der Waals surface area contributed by atoms with Gasteiger partial charge >= 0.3 is 0 Å². The number of hydrogen-bond donors (Lipinski definition) is 0. The van der Waals surface area contributed by atoms with E-state index in [0.29, 0.717) is 24.4 Å². The maximum atomic E-state index is 13.2. The molecule has 0 saturated heterocycles. The summed E-state index contributed by atoms with van der Waals surface area (Å²) in [5.41, 5.74) is 1.02. The molecule has 3 nitrogen and oxygen atoms in total. The van der Waals surface area contributed by atoms with E-state index < -0.39 is 5.82 Å². The molecule has 4 heteroatoms. The Bertz CT molecular complexity index is 412. The van der Waals surface area contributed by atoms with Crippen molar-refractivity contribution in [1.82, 2.24) is 0 Å². The Balaban J connectivity index is 2.65. The van der Waals surface area contributed by atoms with Gasteiger partial charge in [-0.2, -0.15) is 5.26 Å². The zero-order chi connectivity index (χ0) is 12.8. The second kappa shape index (κ2) is 6.21. The highest BCUT2D eigenvalue weighted by molar-refractivity contribution is 5.51. The first-order valence-corrected chi connectivity index (χ1v) is 5.56. The van der Waals surface area contributed by atoms with Crippen molar-refractivity contribution in [3.63, 3.8) is 0 Å². The average Bonchev–Trinajstić information content (AvgIpc) is 2.27. The van der Waals surface area contributed by atoms with E-state index in [1.807, 2.05) is 31.9 Å². The van der Waals surface area contributed by atoms with Crippen LogP contribution >= 0.6 is 0 Å². The van der Waals surface area contributed by atoms with Crippen LogP contribution in [0.1, 0.15) is 19.4 Å². The van der Waals surface area contributed by atoms with Gasteiger partial charge < -0.3 is 9.64 Å². The standard InChI is InChI=1S/C13H17FN2O/c1-10(2)17-5-4-16(3)13-7-11(9-15)6-12(14)8-13/h6-8,10H,4-5H2,1-3H3. The molecule has 0 saturated carbocycles. The van der Waals surface area contributed by atoms with E-state index in [4.69, 9.17) is 10.00 Å². The molecule has 1 aromatic rings. The van der Waals surface area contributed by atoms with Crippen LogP contribution in [-0.4, -0.2) is 26.3 Å². The van der Waals surface area contributed by atoms with Gasteiger partial charge in [0, 0.05) is 19.3 Å². The van der Waals surface area contributed by atoms with Crippen LogP contribution in [0.5, 0.6) is 0 Å². The molecule has 0 amide bonds. The van der Waals surface area contributed by atoms with E-state index in [0.717, 1.165) is 0 Å². The van der Waals surface area contributed by atoms with E-state index in [1.54, 1.807) is 6.07 Å². The molecule has 0 aliphatic carbocycles. The van der Waals surface area contributed by atoms with Gasteiger partial charge in [0.05, 0.1) is 24.3 Å². The Hall–Kier alpha value is -1.60. The molecule has 0 heterocycles. The van der Waals surface area contributed by atoms with Gasteiger partial charge in [-0.25, -0.2) is 4.39 Å². The lowest BCUT2D eigenvalue weighted by Crippen LogP contribution is -2.24. The molecule has 0 fully saturated rings. The monoisotopic (exact) mass is 236 g/mol. The van der Waals surface area contributed by atoms with E-state index in [-0.39, 0.29) is 6.10 Å². The number of benzene rings is 1. The Morgan fingerprint density at radius 3 is 2.71 bits per heavy atom. The molecule has 0 bridgehead atoms. The lowest BCUT2D eigenvalue weighted by Gasteiger charge is -2.20. The van der Waals surface area contributed by atoms with Crippen LogP contribution in [0, 0.1) is 17.1 Å². The first-order chi connectivity index (χ1) is 8.02. The molecule has 0 atom stereocenters. The fraction of sp³-hybridized carbons (Fsp3) is 0.462. The van der Waals surface area contributed by atoms with Gasteiger partial charge in [-0.15, -0.1) is 0 Å². The van der Waals surface area contributed by atoms with Crippen molar-refractivity contribution in [2.45, 2.75) is 20.0 Å². The van der Waals surface area contributed by atoms with Crippen LogP contribution in [-0.2, 0) is 4.74 Å². The lowest BCUT2D eigenvalue weighted by atomic mass is 10.2. The minimum Gasteiger partial charge on any atom is -0.377 e. The van der Waals surface area contributed by atoms with Crippen molar-refractivity contribution in [3.8, 4) is 6.07 Å². The van der Waals surface area contributed by atoms with Crippen LogP contribution in [0.2, 0.25) is 0 Å². The van der Waals surface area contributed by atoms with Crippen LogP contribution < -0.4 is 4.90 Å². The number of ether oxygens (including phenoxy) is 1. The minimum absolute atomic E-state index is 0.186. The highest BCUT2D eigenvalue weighted by Crippen LogP contribution is 2.16. The van der Waals surface area contributed by atoms with E-state index in [1.165, 1.54) is 12.1 Å². The molecule has 0 aliphatic heterocycles. The summed E-state index contributed by atoms with van der Waals surface area (Å²) < 4.78 is 18.6. The third-order valence-electron chi connectivity index (χ3n) is 2.33. The Kier molecular flexibility index (Phi) is 4.92. The Labute approximate surface area is 101 Å². The summed E-state index contributed by atoms with van der Waals surface area (Å²) in [6, 6.07) is 6.24. The summed E-state index contributed by atoms with van der Waals surface area (Å²) in [5, 5.41) is 8.76. The molecular weight excluding hydrogens is 219 g/mol. The zero-order valence-electron chi connectivity index (χ0n) is 10.4. The summed E-state index contributed by atoms with van der Waals surface area (Å²) >= 11 is 0. The Morgan fingerprint density at radius 1 is 1.41 bits per heavy atom. The quantitative estimate of drug-likeness (QED) is 0.788. The van der Waals surface area contributed by atoms with Gasteiger partial charge in [0.25, 0.3) is 0 Å². The summed E-state index contributed by atoms with van der Waals surface area (Å²) in [4.78, 5) is 1.87. The topological polar surface area (TPSA) is 36.3 Å². The number of halogens is 1. The van der Waals surface area contributed by atoms with Crippen LogP contribution in [0.25, 0.3) is 0 Å². The fourth-order valence-electron chi connectivity index (χ4n) is 1.41. The molecule has 1 aromatic carbocycles. The van der Waals surface area contributed by atoms with Crippen molar-refractivity contribution < 1.29 is 9.13 Å². The molecule has 92 valence electrons. The molecule has 17 heavy (non-hydrogen) atoms. The number of rotatable bonds is 5. The van der Waals surface area contributed by atoms with Crippen molar-refractivity contribution in [1.29, 1.82) is 5.26 Å². The van der Waals surface area contributed by atoms with Gasteiger partial charge in [-0.05, 0) is 32.0 Å². The summed E-state index contributed by atoms with van der Waals surface area (Å²) in [5.74, 6) is -0.393. The number of anilines is 1. The summed E-state index contributed by atoms with van der Waals surface area (Å²) in [6.45, 7) is 5.17. The second-order valence-electron chi connectivity index (χ2n) is 4.15. The van der Waals surface area contributed by atoms with Crippen LogP contribution in [0.4, 0.5) is 10.1 Å². The number of nitrogens with zero attached hydrogens (tertiary/aromatic N) is 2. The predicted octanol–water partition coefficient (Wildman–Crippen LogP) is 2.56. The molecule has 0 aromatic heterocycles. The van der Waals surface area contributed by atoms with E-state index in [2.05, 4.69) is 0 Å². The third kappa shape index (κ3) is 4.41. The molecule has 0 spiro atoms. The summed E-state index contributed by atoms with van der Waals surface area (Å²) in [7, 11) is 1.85. The second-order valence-corrected chi connectivity index (χ2v) is 4.15. The van der Waals surface area contributed by atoms with Gasteiger partial charge in [0.15, 0.2) is 0 Å². The Morgan fingerprint density at radius 2 is 2.12 bits per heavy atom. The third-order valence-corrected chi connectivity index (χ3v) is 2.33. The maximum Gasteiger partial charge on any atom is 0.126 e. The van der Waals surface area contributed by atoms with Crippen molar-refractivity contribution in [2.24, 2.45) is 0 Å². The largest absolute Gasteiger partial charge is 0.377 e. The fourth-order valence-corrected chi connectivity index (χ4v) is 1.41. The van der Waals surface area contributed by atoms with Crippen LogP contribution in [0.15, 0.2) is 18.2 Å². The number of nitriles is 1. The first-order valence-electron chi connectivity index (χ1n) is 5.56. The van der Waals surface area contributed by atoms with Crippen molar-refractivity contribution >= 4 is 5.69 Å². The lowest BCUT2D eigenvalue weighted by molar-refractivity contribution is 0.0846. The molecule has 0 radical (unpaired) electrons. The minimum atomic E-state index is -0.393. The smallest absolute Gasteiger partial charge is 0.126 e.